The van der Waals surface area contributed by atoms with Crippen LogP contribution in [0.4, 0.5) is 4.79 Å². The van der Waals surface area contributed by atoms with Gasteiger partial charge in [0.05, 0.1) is 0 Å². The number of thioether (sulfide) groups is 1. The summed E-state index contributed by atoms with van der Waals surface area (Å²) >= 11 is 1.32. The Labute approximate surface area is 105 Å². The molecule has 2 fully saturated rings. The summed E-state index contributed by atoms with van der Waals surface area (Å²) in [4.78, 5) is 26.7. The van der Waals surface area contributed by atoms with E-state index in [2.05, 4.69) is 0 Å². The van der Waals surface area contributed by atoms with Gasteiger partial charge in [0.1, 0.15) is 0 Å². The van der Waals surface area contributed by atoms with E-state index in [1.807, 2.05) is 0 Å². The number of amides is 2. The van der Waals surface area contributed by atoms with Gasteiger partial charge in [0.25, 0.3) is 5.24 Å². The summed E-state index contributed by atoms with van der Waals surface area (Å²) in [5, 5.41) is 9.10. The first-order chi connectivity index (χ1) is 8.20. The minimum atomic E-state index is 0.0902. The molecule has 2 rings (SSSR count). The Morgan fingerprint density at radius 1 is 1.47 bits per heavy atom. The largest absolute Gasteiger partial charge is 0.396 e. The van der Waals surface area contributed by atoms with Crippen molar-refractivity contribution in [2.75, 3.05) is 38.5 Å². The van der Waals surface area contributed by atoms with Gasteiger partial charge in [0, 0.05) is 50.9 Å². The number of likely N-dealkylation sites (tertiary alicyclic amines) is 1. The molecule has 1 N–H and O–H groups in total. The number of hydrogen-bond donors (Lipinski definition) is 1. The molecule has 96 valence electrons. The van der Waals surface area contributed by atoms with Crippen molar-refractivity contribution in [2.45, 2.75) is 12.8 Å². The van der Waals surface area contributed by atoms with Gasteiger partial charge in [-0.3, -0.25) is 9.59 Å². The molecule has 0 bridgehead atoms. The van der Waals surface area contributed by atoms with Crippen molar-refractivity contribution in [3.63, 3.8) is 0 Å². The van der Waals surface area contributed by atoms with Gasteiger partial charge in [-0.2, -0.15) is 0 Å². The molecule has 5 nitrogen and oxygen atoms in total. The van der Waals surface area contributed by atoms with E-state index in [4.69, 9.17) is 5.11 Å². The second-order valence-electron chi connectivity index (χ2n) is 4.53. The molecule has 0 aliphatic carbocycles. The molecule has 0 spiro atoms. The van der Waals surface area contributed by atoms with Crippen molar-refractivity contribution in [2.24, 2.45) is 5.92 Å². The second-order valence-corrected chi connectivity index (χ2v) is 5.57. The maximum Gasteiger partial charge on any atom is 0.281 e. The number of aliphatic hydroxyl groups is 1. The highest BCUT2D eigenvalue weighted by Gasteiger charge is 2.27. The Kier molecular flexibility index (Phi) is 4.28. The molecule has 2 amide bonds. The highest BCUT2D eigenvalue weighted by Crippen LogP contribution is 2.19. The zero-order valence-electron chi connectivity index (χ0n) is 9.80. The predicted octanol–water partition coefficient (Wildman–Crippen LogP) is 0.386. The van der Waals surface area contributed by atoms with Gasteiger partial charge in [-0.15, -0.1) is 0 Å². The lowest BCUT2D eigenvalue weighted by Crippen LogP contribution is -2.33. The van der Waals surface area contributed by atoms with Gasteiger partial charge >= 0.3 is 0 Å². The third-order valence-electron chi connectivity index (χ3n) is 3.34. The first kappa shape index (κ1) is 12.7. The third-order valence-corrected chi connectivity index (χ3v) is 4.23. The summed E-state index contributed by atoms with van der Waals surface area (Å²) in [6.07, 6.45) is 1.30. The van der Waals surface area contributed by atoms with Crippen LogP contribution < -0.4 is 0 Å². The third kappa shape index (κ3) is 3.13. The molecule has 0 aromatic heterocycles. The van der Waals surface area contributed by atoms with Crippen molar-refractivity contribution in [1.29, 1.82) is 0 Å². The lowest BCUT2D eigenvalue weighted by atomic mass is 10.1. The maximum absolute atomic E-state index is 11.9. The van der Waals surface area contributed by atoms with E-state index >= 15 is 0 Å². The number of hydrogen-bond acceptors (Lipinski definition) is 4. The lowest BCUT2D eigenvalue weighted by molar-refractivity contribution is -0.130. The average molecular weight is 258 g/mol. The molecule has 6 heteroatoms. The van der Waals surface area contributed by atoms with Crippen LogP contribution >= 0.6 is 11.8 Å². The first-order valence-electron chi connectivity index (χ1n) is 6.01. The van der Waals surface area contributed by atoms with Crippen molar-refractivity contribution in [3.8, 4) is 0 Å². The maximum atomic E-state index is 11.9. The van der Waals surface area contributed by atoms with Crippen LogP contribution in [-0.2, 0) is 4.79 Å². The van der Waals surface area contributed by atoms with E-state index in [0.717, 1.165) is 25.3 Å². The second kappa shape index (κ2) is 5.73. The topological polar surface area (TPSA) is 60.9 Å². The lowest BCUT2D eigenvalue weighted by Gasteiger charge is -2.19. The fourth-order valence-corrected chi connectivity index (χ4v) is 3.08. The molecule has 0 aromatic carbocycles. The Morgan fingerprint density at radius 2 is 2.29 bits per heavy atom. The molecular formula is C11H18N2O3S. The van der Waals surface area contributed by atoms with E-state index in [0.29, 0.717) is 19.5 Å². The summed E-state index contributed by atoms with van der Waals surface area (Å²) in [7, 11) is 0. The van der Waals surface area contributed by atoms with Crippen LogP contribution in [0.5, 0.6) is 0 Å². The minimum Gasteiger partial charge on any atom is -0.396 e. The number of nitrogens with zero attached hydrogens (tertiary/aromatic N) is 2. The molecule has 17 heavy (non-hydrogen) atoms. The van der Waals surface area contributed by atoms with E-state index in [1.165, 1.54) is 11.8 Å². The number of carbonyl (C=O) groups is 2. The van der Waals surface area contributed by atoms with Gasteiger partial charge < -0.3 is 14.9 Å². The molecule has 1 atom stereocenters. The summed E-state index contributed by atoms with van der Waals surface area (Å²) in [6, 6.07) is 0. The fraction of sp³-hybridized carbons (Fsp3) is 0.818. The number of carbonyl (C=O) groups excluding carboxylic acids is 2. The Bertz CT molecular complexity index is 311. The molecule has 2 heterocycles. The van der Waals surface area contributed by atoms with Crippen LogP contribution in [0.1, 0.15) is 12.8 Å². The number of aliphatic hydroxyl groups excluding tert-OH is 1. The molecule has 1 unspecified atom stereocenters. The Morgan fingerprint density at radius 3 is 2.88 bits per heavy atom. The Balaban J connectivity index is 1.72. The normalized spacial score (nSPS) is 24.8. The van der Waals surface area contributed by atoms with Crippen LogP contribution in [0.15, 0.2) is 0 Å². The van der Waals surface area contributed by atoms with Gasteiger partial charge in [0.2, 0.25) is 5.91 Å². The van der Waals surface area contributed by atoms with Crippen molar-refractivity contribution in [1.82, 2.24) is 9.80 Å². The summed E-state index contributed by atoms with van der Waals surface area (Å²) in [5.74, 6) is 1.18. The summed E-state index contributed by atoms with van der Waals surface area (Å²) in [6.45, 7) is 2.86. The fourth-order valence-electron chi connectivity index (χ4n) is 2.23. The zero-order chi connectivity index (χ0) is 12.3. The first-order valence-corrected chi connectivity index (χ1v) is 6.99. The van der Waals surface area contributed by atoms with Gasteiger partial charge in [-0.25, -0.2) is 0 Å². The molecular weight excluding hydrogens is 240 g/mol. The molecule has 2 aliphatic heterocycles. The Hall–Kier alpha value is -0.750. The summed E-state index contributed by atoms with van der Waals surface area (Å²) < 4.78 is 0. The molecule has 2 aliphatic rings. The number of rotatable bonds is 4. The van der Waals surface area contributed by atoms with E-state index < -0.39 is 0 Å². The average Bonchev–Trinajstić information content (AvgIpc) is 2.94. The molecule has 0 aromatic rings. The smallest absolute Gasteiger partial charge is 0.281 e. The van der Waals surface area contributed by atoms with Crippen LogP contribution in [0.25, 0.3) is 0 Å². The quantitative estimate of drug-likeness (QED) is 0.792. The highest BCUT2D eigenvalue weighted by atomic mass is 32.2. The highest BCUT2D eigenvalue weighted by molar-refractivity contribution is 8.13. The minimum absolute atomic E-state index is 0.0902. The van der Waals surface area contributed by atoms with E-state index in [1.54, 1.807) is 9.80 Å². The van der Waals surface area contributed by atoms with Gasteiger partial charge in [-0.1, -0.05) is 11.8 Å². The van der Waals surface area contributed by atoms with E-state index in [-0.39, 0.29) is 23.7 Å². The standard InChI is InChI=1S/C11H18N2O3S/c14-8-9-1-3-13(7-9)10(15)2-4-12-5-6-17-11(12)16/h9,14H,1-8H2. The molecule has 0 saturated carbocycles. The van der Waals surface area contributed by atoms with Gasteiger partial charge in [-0.05, 0) is 6.42 Å². The van der Waals surface area contributed by atoms with Crippen LogP contribution in [-0.4, -0.2) is 64.6 Å². The van der Waals surface area contributed by atoms with Gasteiger partial charge in [0.15, 0.2) is 0 Å². The van der Waals surface area contributed by atoms with Crippen LogP contribution in [0.2, 0.25) is 0 Å². The molecule has 0 radical (unpaired) electrons. The zero-order valence-corrected chi connectivity index (χ0v) is 10.6. The molecule has 2 saturated heterocycles. The van der Waals surface area contributed by atoms with Crippen molar-refractivity contribution < 1.29 is 14.7 Å². The summed E-state index contributed by atoms with van der Waals surface area (Å²) in [5.41, 5.74) is 0. The van der Waals surface area contributed by atoms with Crippen molar-refractivity contribution >= 4 is 22.9 Å². The predicted molar refractivity (Wildman–Crippen MR) is 65.8 cm³/mol. The SMILES string of the molecule is O=C(CCN1CCSC1=O)N1CCC(CO)C1. The van der Waals surface area contributed by atoms with Crippen molar-refractivity contribution in [3.05, 3.63) is 0 Å². The monoisotopic (exact) mass is 258 g/mol. The van der Waals surface area contributed by atoms with E-state index in [9.17, 15) is 9.59 Å². The van der Waals surface area contributed by atoms with Crippen LogP contribution in [0.3, 0.4) is 0 Å². The van der Waals surface area contributed by atoms with Crippen LogP contribution in [0, 0.1) is 5.92 Å².